The van der Waals surface area contributed by atoms with Crippen molar-refractivity contribution in [3.05, 3.63) is 57.0 Å². The fourth-order valence-corrected chi connectivity index (χ4v) is 2.38. The van der Waals surface area contributed by atoms with Crippen LogP contribution in [0.1, 0.15) is 11.1 Å². The summed E-state index contributed by atoms with van der Waals surface area (Å²) < 4.78 is 6.56. The third-order valence-electron chi connectivity index (χ3n) is 2.54. The maximum Gasteiger partial charge on any atom is 0.141 e. The maximum absolute atomic E-state index is 7.57. The molecule has 0 saturated carbocycles. The zero-order chi connectivity index (χ0) is 14.0. The number of halogens is 2. The lowest BCUT2D eigenvalue weighted by Crippen LogP contribution is -2.12. The fourth-order valence-electron chi connectivity index (χ4n) is 1.61. The van der Waals surface area contributed by atoms with Crippen LogP contribution in [0.25, 0.3) is 0 Å². The molecule has 0 saturated heterocycles. The number of benzene rings is 2. The molecule has 98 valence electrons. The third-order valence-corrected chi connectivity index (χ3v) is 3.40. The van der Waals surface area contributed by atoms with Gasteiger partial charge in [-0.1, -0.05) is 17.7 Å². The summed E-state index contributed by atoms with van der Waals surface area (Å²) in [5.74, 6) is 1.15. The number of hydrogen-bond donors (Lipinski definition) is 2. The van der Waals surface area contributed by atoms with Crippen LogP contribution in [0.3, 0.4) is 0 Å². The summed E-state index contributed by atoms with van der Waals surface area (Å²) >= 11 is 9.28. The van der Waals surface area contributed by atoms with Crippen LogP contribution in [0.4, 0.5) is 0 Å². The van der Waals surface area contributed by atoms with Crippen molar-refractivity contribution in [2.45, 2.75) is 6.92 Å². The molecule has 3 N–H and O–H groups in total. The molecule has 2 aromatic rings. The standard InChI is InChI=1S/C14H12BrClN2O/c1-8-2-4-10(14(17)18)13(6-8)19-12-5-3-9(16)7-11(12)15/h2-7H,1H3,(H3,17,18). The summed E-state index contributed by atoms with van der Waals surface area (Å²) in [5, 5.41) is 8.19. The van der Waals surface area contributed by atoms with E-state index in [2.05, 4.69) is 15.9 Å². The van der Waals surface area contributed by atoms with Gasteiger partial charge in [0.1, 0.15) is 17.3 Å². The van der Waals surface area contributed by atoms with Crippen LogP contribution < -0.4 is 10.5 Å². The summed E-state index contributed by atoms with van der Waals surface area (Å²) in [6, 6.07) is 10.8. The molecule has 3 nitrogen and oxygen atoms in total. The second-order valence-electron chi connectivity index (χ2n) is 4.09. The Kier molecular flexibility index (Phi) is 4.12. The number of nitrogens with two attached hydrogens (primary N) is 1. The molecule has 0 unspecified atom stereocenters. The molecule has 5 heteroatoms. The first-order chi connectivity index (χ1) is 8.97. The van der Waals surface area contributed by atoms with Crippen LogP contribution in [-0.2, 0) is 0 Å². The van der Waals surface area contributed by atoms with Crippen LogP contribution in [0, 0.1) is 12.3 Å². The summed E-state index contributed by atoms with van der Waals surface area (Å²) in [6.07, 6.45) is 0. The molecule has 0 aliphatic heterocycles. The molecule has 0 radical (unpaired) electrons. The summed E-state index contributed by atoms with van der Waals surface area (Å²) in [6.45, 7) is 1.95. The fraction of sp³-hybridized carbons (Fsp3) is 0.0714. The van der Waals surface area contributed by atoms with Crippen LogP contribution in [-0.4, -0.2) is 5.84 Å². The Hall–Kier alpha value is -1.52. The van der Waals surface area contributed by atoms with Crippen LogP contribution in [0.15, 0.2) is 40.9 Å². The summed E-state index contributed by atoms with van der Waals surface area (Å²) in [5.41, 5.74) is 7.15. The molecular formula is C14H12BrClN2O. The molecular weight excluding hydrogens is 328 g/mol. The molecule has 0 aliphatic rings. The van der Waals surface area contributed by atoms with Crippen LogP contribution in [0.5, 0.6) is 11.5 Å². The molecule has 0 fully saturated rings. The topological polar surface area (TPSA) is 59.1 Å². The van der Waals surface area contributed by atoms with Crippen molar-refractivity contribution in [2.24, 2.45) is 5.73 Å². The van der Waals surface area contributed by atoms with Gasteiger partial charge in [-0.3, -0.25) is 5.41 Å². The number of nitrogen functional groups attached to an aromatic ring is 1. The van der Waals surface area contributed by atoms with E-state index >= 15 is 0 Å². The summed E-state index contributed by atoms with van der Waals surface area (Å²) in [7, 11) is 0. The van der Waals surface area contributed by atoms with E-state index in [1.165, 1.54) is 0 Å². The Balaban J connectivity index is 2.42. The normalized spacial score (nSPS) is 10.3. The largest absolute Gasteiger partial charge is 0.455 e. The molecule has 0 aliphatic carbocycles. The first-order valence-electron chi connectivity index (χ1n) is 5.55. The Labute approximate surface area is 125 Å². The van der Waals surface area contributed by atoms with Gasteiger partial charge in [-0.05, 0) is 58.7 Å². The number of hydrogen-bond acceptors (Lipinski definition) is 2. The van der Waals surface area contributed by atoms with Gasteiger partial charge >= 0.3 is 0 Å². The van der Waals surface area contributed by atoms with Gasteiger partial charge in [0, 0.05) is 5.02 Å². The lowest BCUT2D eigenvalue weighted by molar-refractivity contribution is 0.478. The minimum absolute atomic E-state index is 0.0277. The Morgan fingerprint density at radius 1 is 1.21 bits per heavy atom. The summed E-state index contributed by atoms with van der Waals surface area (Å²) in [4.78, 5) is 0. The predicted octanol–water partition coefficient (Wildman–Crippen LogP) is 4.49. The Bertz CT molecular complexity index is 643. The number of rotatable bonds is 3. The predicted molar refractivity (Wildman–Crippen MR) is 81.4 cm³/mol. The highest BCUT2D eigenvalue weighted by atomic mass is 79.9. The first-order valence-corrected chi connectivity index (χ1v) is 6.72. The van der Waals surface area contributed by atoms with E-state index in [1.807, 2.05) is 19.1 Å². The molecule has 0 amide bonds. The minimum atomic E-state index is -0.0277. The zero-order valence-corrected chi connectivity index (χ0v) is 12.5. The Morgan fingerprint density at radius 2 is 1.95 bits per heavy atom. The highest BCUT2D eigenvalue weighted by Crippen LogP contribution is 2.33. The lowest BCUT2D eigenvalue weighted by atomic mass is 10.1. The molecule has 0 bridgehead atoms. The SMILES string of the molecule is Cc1ccc(C(=N)N)c(Oc2ccc(Cl)cc2Br)c1. The van der Waals surface area contributed by atoms with Crippen molar-refractivity contribution in [3.8, 4) is 11.5 Å². The molecule has 0 atom stereocenters. The highest BCUT2D eigenvalue weighted by molar-refractivity contribution is 9.10. The maximum atomic E-state index is 7.57. The van der Waals surface area contributed by atoms with Gasteiger partial charge in [0.15, 0.2) is 0 Å². The van der Waals surface area contributed by atoms with Crippen LogP contribution in [0.2, 0.25) is 5.02 Å². The van der Waals surface area contributed by atoms with Gasteiger partial charge in [0.05, 0.1) is 10.0 Å². The monoisotopic (exact) mass is 338 g/mol. The van der Waals surface area contributed by atoms with Gasteiger partial charge in [-0.25, -0.2) is 0 Å². The van der Waals surface area contributed by atoms with Crippen LogP contribution >= 0.6 is 27.5 Å². The molecule has 0 heterocycles. The molecule has 19 heavy (non-hydrogen) atoms. The van der Waals surface area contributed by atoms with Crippen molar-refractivity contribution >= 4 is 33.4 Å². The van der Waals surface area contributed by atoms with E-state index in [9.17, 15) is 0 Å². The van der Waals surface area contributed by atoms with Crippen molar-refractivity contribution in [3.63, 3.8) is 0 Å². The lowest BCUT2D eigenvalue weighted by Gasteiger charge is -2.12. The third kappa shape index (κ3) is 3.28. The highest BCUT2D eigenvalue weighted by Gasteiger charge is 2.10. The van der Waals surface area contributed by atoms with Crippen molar-refractivity contribution < 1.29 is 4.74 Å². The number of nitrogens with one attached hydrogen (secondary N) is 1. The van der Waals surface area contributed by atoms with Gasteiger partial charge in [0.2, 0.25) is 0 Å². The smallest absolute Gasteiger partial charge is 0.141 e. The molecule has 2 aromatic carbocycles. The second-order valence-corrected chi connectivity index (χ2v) is 5.38. The number of aryl methyl sites for hydroxylation is 1. The number of ether oxygens (including phenoxy) is 1. The van der Waals surface area contributed by atoms with Gasteiger partial charge in [-0.15, -0.1) is 0 Å². The van der Waals surface area contributed by atoms with Crippen molar-refractivity contribution in [1.82, 2.24) is 0 Å². The minimum Gasteiger partial charge on any atom is -0.455 e. The zero-order valence-electron chi connectivity index (χ0n) is 10.2. The van der Waals surface area contributed by atoms with Gasteiger partial charge < -0.3 is 10.5 Å². The second kappa shape index (κ2) is 5.63. The van der Waals surface area contributed by atoms with Gasteiger partial charge in [0.25, 0.3) is 0 Å². The first kappa shape index (κ1) is 13.9. The van der Waals surface area contributed by atoms with E-state index in [4.69, 9.17) is 27.5 Å². The molecule has 0 spiro atoms. The quantitative estimate of drug-likeness (QED) is 0.639. The molecule has 2 rings (SSSR count). The van der Waals surface area contributed by atoms with E-state index in [-0.39, 0.29) is 5.84 Å². The van der Waals surface area contributed by atoms with E-state index in [1.54, 1.807) is 24.3 Å². The van der Waals surface area contributed by atoms with Crippen molar-refractivity contribution in [1.29, 1.82) is 5.41 Å². The van der Waals surface area contributed by atoms with E-state index in [0.29, 0.717) is 22.1 Å². The van der Waals surface area contributed by atoms with E-state index < -0.39 is 0 Å². The van der Waals surface area contributed by atoms with E-state index in [0.717, 1.165) is 10.0 Å². The molecule has 0 aromatic heterocycles. The van der Waals surface area contributed by atoms with Crippen molar-refractivity contribution in [2.75, 3.05) is 0 Å². The average molecular weight is 340 g/mol. The average Bonchev–Trinajstić information content (AvgIpc) is 2.32. The van der Waals surface area contributed by atoms with Gasteiger partial charge in [-0.2, -0.15) is 0 Å². The number of amidine groups is 1. The Morgan fingerprint density at radius 3 is 2.58 bits per heavy atom.